The molecule has 2 nitrogen and oxygen atoms in total. The van der Waals surface area contributed by atoms with Gasteiger partial charge in [0.05, 0.1) is 6.10 Å². The highest BCUT2D eigenvalue weighted by atomic mass is 127. The van der Waals surface area contributed by atoms with Crippen molar-refractivity contribution in [1.29, 1.82) is 0 Å². The van der Waals surface area contributed by atoms with Gasteiger partial charge in [-0.05, 0) is 59.5 Å². The SMILES string of the molecule is O=C(CCC1CCCO1)Cc1ccc(I)cc1. The first-order chi connectivity index (χ1) is 8.24. The van der Waals surface area contributed by atoms with Crippen molar-refractivity contribution in [3.8, 4) is 0 Å². The van der Waals surface area contributed by atoms with Crippen LogP contribution in [0.2, 0.25) is 0 Å². The lowest BCUT2D eigenvalue weighted by Gasteiger charge is -2.08. The minimum Gasteiger partial charge on any atom is -0.378 e. The smallest absolute Gasteiger partial charge is 0.137 e. The molecule has 2 rings (SSSR count). The maximum atomic E-state index is 11.8. The first kappa shape index (κ1) is 13.0. The maximum Gasteiger partial charge on any atom is 0.137 e. The summed E-state index contributed by atoms with van der Waals surface area (Å²) in [4.78, 5) is 11.8. The summed E-state index contributed by atoms with van der Waals surface area (Å²) in [6, 6.07) is 8.16. The van der Waals surface area contributed by atoms with Gasteiger partial charge in [0.15, 0.2) is 0 Å². The number of carbonyl (C=O) groups excluding carboxylic acids is 1. The molecule has 0 spiro atoms. The van der Waals surface area contributed by atoms with Gasteiger partial charge in [0.25, 0.3) is 0 Å². The molecular weight excluding hydrogens is 327 g/mol. The van der Waals surface area contributed by atoms with E-state index in [0.29, 0.717) is 24.7 Å². The zero-order chi connectivity index (χ0) is 12.1. The van der Waals surface area contributed by atoms with Crippen molar-refractivity contribution in [2.75, 3.05) is 6.61 Å². The molecule has 0 radical (unpaired) electrons. The van der Waals surface area contributed by atoms with E-state index in [1.807, 2.05) is 24.3 Å². The third-order valence-electron chi connectivity index (χ3n) is 3.08. The van der Waals surface area contributed by atoms with Crippen molar-refractivity contribution in [2.45, 2.75) is 38.2 Å². The Labute approximate surface area is 116 Å². The lowest BCUT2D eigenvalue weighted by atomic mass is 10.0. The summed E-state index contributed by atoms with van der Waals surface area (Å²) < 4.78 is 6.72. The number of ketones is 1. The molecule has 3 heteroatoms. The van der Waals surface area contributed by atoms with E-state index in [9.17, 15) is 4.79 Å². The van der Waals surface area contributed by atoms with Crippen LogP contribution in [0.25, 0.3) is 0 Å². The van der Waals surface area contributed by atoms with Gasteiger partial charge < -0.3 is 4.74 Å². The summed E-state index contributed by atoms with van der Waals surface area (Å²) in [5.41, 5.74) is 1.11. The van der Waals surface area contributed by atoms with Crippen LogP contribution in [-0.2, 0) is 16.0 Å². The Bertz CT molecular complexity index is 366. The molecule has 92 valence electrons. The van der Waals surface area contributed by atoms with Crippen molar-refractivity contribution in [3.05, 3.63) is 33.4 Å². The number of rotatable bonds is 5. The number of carbonyl (C=O) groups is 1. The van der Waals surface area contributed by atoms with Gasteiger partial charge in [-0.1, -0.05) is 12.1 Å². The van der Waals surface area contributed by atoms with Crippen LogP contribution < -0.4 is 0 Å². The van der Waals surface area contributed by atoms with E-state index in [0.717, 1.165) is 31.4 Å². The number of hydrogen-bond donors (Lipinski definition) is 0. The summed E-state index contributed by atoms with van der Waals surface area (Å²) >= 11 is 2.27. The van der Waals surface area contributed by atoms with Gasteiger partial charge in [-0.3, -0.25) is 4.79 Å². The number of halogens is 1. The highest BCUT2D eigenvalue weighted by Crippen LogP contribution is 2.17. The van der Waals surface area contributed by atoms with Crippen molar-refractivity contribution >= 4 is 28.4 Å². The van der Waals surface area contributed by atoms with Crippen LogP contribution in [0.5, 0.6) is 0 Å². The van der Waals surface area contributed by atoms with E-state index in [1.54, 1.807) is 0 Å². The number of hydrogen-bond acceptors (Lipinski definition) is 2. The molecule has 0 bridgehead atoms. The fourth-order valence-electron chi connectivity index (χ4n) is 2.11. The highest BCUT2D eigenvalue weighted by molar-refractivity contribution is 14.1. The summed E-state index contributed by atoms with van der Waals surface area (Å²) in [7, 11) is 0. The molecule has 0 aliphatic carbocycles. The van der Waals surface area contributed by atoms with Crippen LogP contribution in [0.4, 0.5) is 0 Å². The van der Waals surface area contributed by atoms with Crippen LogP contribution >= 0.6 is 22.6 Å². The Morgan fingerprint density at radius 1 is 1.35 bits per heavy atom. The largest absolute Gasteiger partial charge is 0.378 e. The Morgan fingerprint density at radius 2 is 2.12 bits per heavy atom. The zero-order valence-electron chi connectivity index (χ0n) is 9.82. The van der Waals surface area contributed by atoms with E-state index in [4.69, 9.17) is 4.74 Å². The molecule has 17 heavy (non-hydrogen) atoms. The molecule has 0 amide bonds. The first-order valence-corrected chi connectivity index (χ1v) is 7.19. The Hall–Kier alpha value is -0.420. The predicted octanol–water partition coefficient (Wildman–Crippen LogP) is 3.36. The topological polar surface area (TPSA) is 26.3 Å². The van der Waals surface area contributed by atoms with Crippen molar-refractivity contribution in [3.63, 3.8) is 0 Å². The lowest BCUT2D eigenvalue weighted by molar-refractivity contribution is -0.119. The summed E-state index contributed by atoms with van der Waals surface area (Å²) in [5, 5.41) is 0. The fraction of sp³-hybridized carbons (Fsp3) is 0.500. The summed E-state index contributed by atoms with van der Waals surface area (Å²) in [6.45, 7) is 0.871. The number of Topliss-reactive ketones (excluding diaryl/α,β-unsaturated/α-hetero) is 1. The maximum absolute atomic E-state index is 11.8. The van der Waals surface area contributed by atoms with E-state index in [-0.39, 0.29) is 0 Å². The average molecular weight is 344 g/mol. The molecule has 1 aromatic rings. The monoisotopic (exact) mass is 344 g/mol. The molecule has 1 fully saturated rings. The van der Waals surface area contributed by atoms with E-state index < -0.39 is 0 Å². The standard InChI is InChI=1S/C14H17IO2/c15-12-5-3-11(4-6-12)10-13(16)7-8-14-2-1-9-17-14/h3-6,14H,1-2,7-10H2. The van der Waals surface area contributed by atoms with Gasteiger partial charge in [0.1, 0.15) is 5.78 Å². The van der Waals surface area contributed by atoms with Gasteiger partial charge in [-0.15, -0.1) is 0 Å². The van der Waals surface area contributed by atoms with Crippen LogP contribution in [0, 0.1) is 3.57 Å². The predicted molar refractivity (Wildman–Crippen MR) is 76.1 cm³/mol. The van der Waals surface area contributed by atoms with Gasteiger partial charge in [0.2, 0.25) is 0 Å². The Balaban J connectivity index is 1.74. The molecule has 1 aromatic carbocycles. The van der Waals surface area contributed by atoms with Gasteiger partial charge >= 0.3 is 0 Å². The van der Waals surface area contributed by atoms with Crippen LogP contribution in [0.1, 0.15) is 31.2 Å². The van der Waals surface area contributed by atoms with E-state index in [1.165, 1.54) is 3.57 Å². The molecule has 1 atom stereocenters. The molecule has 0 aromatic heterocycles. The first-order valence-electron chi connectivity index (χ1n) is 6.12. The average Bonchev–Trinajstić information content (AvgIpc) is 2.83. The molecule has 0 saturated carbocycles. The quantitative estimate of drug-likeness (QED) is 0.766. The van der Waals surface area contributed by atoms with Gasteiger partial charge in [-0.25, -0.2) is 0 Å². The third kappa shape index (κ3) is 4.39. The fourth-order valence-corrected chi connectivity index (χ4v) is 2.47. The number of ether oxygens (including phenoxy) is 1. The molecule has 0 N–H and O–H groups in total. The van der Waals surface area contributed by atoms with Gasteiger partial charge in [-0.2, -0.15) is 0 Å². The minimum absolute atomic E-state index is 0.321. The number of benzene rings is 1. The summed E-state index contributed by atoms with van der Waals surface area (Å²) in [5.74, 6) is 0.321. The van der Waals surface area contributed by atoms with Crippen molar-refractivity contribution < 1.29 is 9.53 Å². The van der Waals surface area contributed by atoms with Crippen molar-refractivity contribution in [2.24, 2.45) is 0 Å². The van der Waals surface area contributed by atoms with E-state index in [2.05, 4.69) is 22.6 Å². The van der Waals surface area contributed by atoms with Crippen LogP contribution in [0.3, 0.4) is 0 Å². The molecular formula is C14H17IO2. The third-order valence-corrected chi connectivity index (χ3v) is 3.80. The molecule has 1 aliphatic rings. The molecule has 1 saturated heterocycles. The second-order valence-corrected chi connectivity index (χ2v) is 5.76. The molecule has 1 aliphatic heterocycles. The van der Waals surface area contributed by atoms with Crippen molar-refractivity contribution in [1.82, 2.24) is 0 Å². The molecule has 1 unspecified atom stereocenters. The second-order valence-electron chi connectivity index (χ2n) is 4.52. The molecule has 1 heterocycles. The van der Waals surface area contributed by atoms with E-state index >= 15 is 0 Å². The Morgan fingerprint density at radius 3 is 2.76 bits per heavy atom. The minimum atomic E-state index is 0.321. The normalized spacial score (nSPS) is 19.5. The Kier molecular flexibility index (Phi) is 4.98. The highest BCUT2D eigenvalue weighted by Gasteiger charge is 2.16. The van der Waals surface area contributed by atoms with Crippen LogP contribution in [0.15, 0.2) is 24.3 Å². The zero-order valence-corrected chi connectivity index (χ0v) is 12.0. The van der Waals surface area contributed by atoms with Crippen LogP contribution in [-0.4, -0.2) is 18.5 Å². The lowest BCUT2D eigenvalue weighted by Crippen LogP contribution is -2.10. The van der Waals surface area contributed by atoms with Gasteiger partial charge in [0, 0.05) is 23.0 Å². The summed E-state index contributed by atoms with van der Waals surface area (Å²) in [6.07, 6.45) is 4.70. The second kappa shape index (κ2) is 6.50.